The van der Waals surface area contributed by atoms with E-state index in [0.717, 1.165) is 17.7 Å². The van der Waals surface area contributed by atoms with Crippen molar-refractivity contribution in [2.45, 2.75) is 25.7 Å². The van der Waals surface area contributed by atoms with Crippen molar-refractivity contribution in [1.82, 2.24) is 24.5 Å². The lowest BCUT2D eigenvalue weighted by Crippen LogP contribution is -2.34. The summed E-state index contributed by atoms with van der Waals surface area (Å²) < 4.78 is 44.3. The summed E-state index contributed by atoms with van der Waals surface area (Å²) in [6, 6.07) is 2.03. The van der Waals surface area contributed by atoms with Gasteiger partial charge >= 0.3 is 6.18 Å². The Morgan fingerprint density at radius 2 is 2.19 bits per heavy atom. The molecule has 1 atom stereocenters. The standard InChI is InChI=1S/C16H13F3N6OS/c1-2-24-7-9(6-21-24)12-11(13(26)10-4-3-5-27-10)14(16(17,18)19)23-15-20-8-22-25(12)15/h3-8,12H,2H2,1H3,(H,20,22,23)/t12-/m0/s1. The number of halogens is 3. The number of alkyl halides is 3. The van der Waals surface area contributed by atoms with Crippen LogP contribution in [0.3, 0.4) is 0 Å². The average molecular weight is 394 g/mol. The Kier molecular flexibility index (Phi) is 4.10. The lowest BCUT2D eigenvalue weighted by molar-refractivity contribution is -0.0918. The van der Waals surface area contributed by atoms with E-state index in [1.807, 2.05) is 6.92 Å². The Hall–Kier alpha value is -2.95. The summed E-state index contributed by atoms with van der Waals surface area (Å²) in [6.07, 6.45) is -0.567. The lowest BCUT2D eigenvalue weighted by atomic mass is 9.93. The summed E-state index contributed by atoms with van der Waals surface area (Å²) in [5, 5.41) is 12.0. The predicted molar refractivity (Wildman–Crippen MR) is 91.4 cm³/mol. The van der Waals surface area contributed by atoms with Crippen molar-refractivity contribution in [3.8, 4) is 0 Å². The minimum atomic E-state index is -4.77. The van der Waals surface area contributed by atoms with Crippen LogP contribution in [0.4, 0.5) is 19.1 Å². The second-order valence-corrected chi connectivity index (χ2v) is 6.73. The Morgan fingerprint density at radius 1 is 1.37 bits per heavy atom. The smallest absolute Gasteiger partial charge is 0.320 e. The van der Waals surface area contributed by atoms with Crippen LogP contribution >= 0.6 is 11.3 Å². The zero-order valence-electron chi connectivity index (χ0n) is 13.9. The molecule has 1 aliphatic heterocycles. The first-order valence-corrected chi connectivity index (χ1v) is 8.86. The third-order valence-electron chi connectivity index (χ3n) is 4.16. The number of Topliss-reactive ketones (excluding diaryl/α,β-unsaturated/α-hetero) is 1. The largest absolute Gasteiger partial charge is 0.431 e. The molecule has 3 aromatic heterocycles. The van der Waals surface area contributed by atoms with E-state index >= 15 is 0 Å². The molecule has 0 saturated carbocycles. The molecule has 7 nitrogen and oxygen atoms in total. The van der Waals surface area contributed by atoms with Crippen LogP contribution < -0.4 is 5.32 Å². The van der Waals surface area contributed by atoms with Crippen molar-refractivity contribution < 1.29 is 18.0 Å². The van der Waals surface area contributed by atoms with E-state index in [-0.39, 0.29) is 10.8 Å². The summed E-state index contributed by atoms with van der Waals surface area (Å²) in [4.78, 5) is 17.1. The fraction of sp³-hybridized carbons (Fsp3) is 0.250. The fourth-order valence-electron chi connectivity index (χ4n) is 2.97. The number of carbonyl (C=O) groups excluding carboxylic acids is 1. The molecular weight excluding hydrogens is 381 g/mol. The van der Waals surface area contributed by atoms with Crippen LogP contribution in [0.5, 0.6) is 0 Å². The van der Waals surface area contributed by atoms with Gasteiger partial charge in [0.25, 0.3) is 0 Å². The number of fused-ring (bicyclic) bond motifs is 1. The molecule has 3 aromatic rings. The maximum atomic E-state index is 13.8. The maximum Gasteiger partial charge on any atom is 0.431 e. The van der Waals surface area contributed by atoms with Gasteiger partial charge in [0.1, 0.15) is 18.1 Å². The lowest BCUT2D eigenvalue weighted by Gasteiger charge is -2.29. The molecular formula is C16H13F3N6OS. The molecule has 4 rings (SSSR count). The molecule has 0 aromatic carbocycles. The summed E-state index contributed by atoms with van der Waals surface area (Å²) in [5.74, 6) is -0.792. The van der Waals surface area contributed by atoms with Crippen LogP contribution in [0.2, 0.25) is 0 Å². The maximum absolute atomic E-state index is 13.8. The Bertz CT molecular complexity index is 1020. The minimum absolute atomic E-state index is 0.0840. The molecule has 0 fully saturated rings. The number of hydrogen-bond acceptors (Lipinski definition) is 6. The Morgan fingerprint density at radius 3 is 2.81 bits per heavy atom. The number of anilines is 1. The number of nitrogens with one attached hydrogen (secondary N) is 1. The molecule has 27 heavy (non-hydrogen) atoms. The van der Waals surface area contributed by atoms with E-state index in [1.54, 1.807) is 22.3 Å². The van der Waals surface area contributed by atoms with Crippen LogP contribution in [-0.4, -0.2) is 36.5 Å². The van der Waals surface area contributed by atoms with Crippen LogP contribution in [0.1, 0.15) is 28.2 Å². The predicted octanol–water partition coefficient (Wildman–Crippen LogP) is 3.27. The molecule has 0 spiro atoms. The van der Waals surface area contributed by atoms with Gasteiger partial charge in [-0.25, -0.2) is 4.68 Å². The van der Waals surface area contributed by atoms with Gasteiger partial charge < -0.3 is 5.32 Å². The second-order valence-electron chi connectivity index (χ2n) is 5.78. The third-order valence-corrected chi connectivity index (χ3v) is 5.03. The summed E-state index contributed by atoms with van der Waals surface area (Å²) in [7, 11) is 0. The zero-order valence-corrected chi connectivity index (χ0v) is 14.8. The SMILES string of the molecule is CCn1cc([C@H]2C(C(=O)c3cccs3)=C(C(F)(F)F)Nc3ncnn32)cn1. The number of aryl methyl sites for hydroxylation is 1. The first kappa shape index (κ1) is 17.5. The molecule has 0 unspecified atom stereocenters. The first-order chi connectivity index (χ1) is 12.9. The van der Waals surface area contributed by atoms with Gasteiger partial charge in [0, 0.05) is 18.3 Å². The molecule has 0 amide bonds. The highest BCUT2D eigenvalue weighted by atomic mass is 32.1. The molecule has 0 bridgehead atoms. The van der Waals surface area contributed by atoms with Crippen molar-refractivity contribution in [2.24, 2.45) is 0 Å². The van der Waals surface area contributed by atoms with Crippen LogP contribution in [0, 0.1) is 0 Å². The van der Waals surface area contributed by atoms with E-state index in [4.69, 9.17) is 0 Å². The van der Waals surface area contributed by atoms with Gasteiger partial charge in [-0.05, 0) is 18.4 Å². The summed E-state index contributed by atoms with van der Waals surface area (Å²) in [6.45, 7) is 2.40. The normalized spacial score (nSPS) is 17.0. The average Bonchev–Trinajstić information content (AvgIpc) is 3.39. The van der Waals surface area contributed by atoms with Crippen molar-refractivity contribution in [2.75, 3.05) is 5.32 Å². The second kappa shape index (κ2) is 6.34. The molecule has 0 aliphatic carbocycles. The summed E-state index contributed by atoms with van der Waals surface area (Å²) >= 11 is 1.08. The number of nitrogens with zero attached hydrogens (tertiary/aromatic N) is 5. The van der Waals surface area contributed by atoms with Gasteiger partial charge in [0.05, 0.1) is 16.6 Å². The molecule has 0 radical (unpaired) electrons. The van der Waals surface area contributed by atoms with Gasteiger partial charge in [-0.2, -0.15) is 28.4 Å². The van der Waals surface area contributed by atoms with Crippen molar-refractivity contribution in [3.05, 3.63) is 57.9 Å². The molecule has 0 saturated heterocycles. The van der Waals surface area contributed by atoms with Gasteiger partial charge in [0.2, 0.25) is 11.7 Å². The highest BCUT2D eigenvalue weighted by Crippen LogP contribution is 2.42. The van der Waals surface area contributed by atoms with Gasteiger partial charge in [-0.15, -0.1) is 11.3 Å². The third kappa shape index (κ3) is 2.93. The van der Waals surface area contributed by atoms with E-state index in [9.17, 15) is 18.0 Å². The Balaban J connectivity index is 1.96. The van der Waals surface area contributed by atoms with Gasteiger partial charge in [-0.1, -0.05) is 6.07 Å². The number of thiophene rings is 1. The van der Waals surface area contributed by atoms with Crippen molar-refractivity contribution in [3.63, 3.8) is 0 Å². The number of allylic oxidation sites excluding steroid dienone is 2. The van der Waals surface area contributed by atoms with E-state index in [0.29, 0.717) is 12.1 Å². The quantitative estimate of drug-likeness (QED) is 0.688. The van der Waals surface area contributed by atoms with E-state index in [2.05, 4.69) is 20.5 Å². The first-order valence-electron chi connectivity index (χ1n) is 7.98. The Labute approximate surface area is 155 Å². The summed E-state index contributed by atoms with van der Waals surface area (Å²) in [5.41, 5.74) is -1.14. The van der Waals surface area contributed by atoms with Crippen LogP contribution in [-0.2, 0) is 6.54 Å². The number of ketones is 1. The molecule has 140 valence electrons. The fourth-order valence-corrected chi connectivity index (χ4v) is 3.65. The number of aromatic nitrogens is 5. The molecule has 1 N–H and O–H groups in total. The van der Waals surface area contributed by atoms with Crippen LogP contribution in [0.25, 0.3) is 0 Å². The number of carbonyl (C=O) groups is 1. The zero-order chi connectivity index (χ0) is 19.2. The molecule has 11 heteroatoms. The van der Waals surface area contributed by atoms with Gasteiger partial charge in [-0.3, -0.25) is 9.48 Å². The topological polar surface area (TPSA) is 77.6 Å². The number of hydrogen-bond donors (Lipinski definition) is 1. The van der Waals surface area contributed by atoms with Gasteiger partial charge in [0.15, 0.2) is 0 Å². The highest BCUT2D eigenvalue weighted by molar-refractivity contribution is 7.12. The van der Waals surface area contributed by atoms with Crippen LogP contribution in [0.15, 0.2) is 47.5 Å². The van der Waals surface area contributed by atoms with Crippen molar-refractivity contribution >= 4 is 23.1 Å². The van der Waals surface area contributed by atoms with Crippen molar-refractivity contribution in [1.29, 1.82) is 0 Å². The molecule has 4 heterocycles. The molecule has 1 aliphatic rings. The monoisotopic (exact) mass is 394 g/mol. The highest BCUT2D eigenvalue weighted by Gasteiger charge is 2.46. The van der Waals surface area contributed by atoms with E-state index in [1.165, 1.54) is 16.9 Å². The minimum Gasteiger partial charge on any atom is -0.320 e. The van der Waals surface area contributed by atoms with E-state index < -0.39 is 29.3 Å². The number of rotatable bonds is 4.